The molecule has 434 valence electrons. The van der Waals surface area contributed by atoms with Crippen molar-refractivity contribution in [2.75, 3.05) is 65.8 Å². The number of rotatable bonds is 20. The Morgan fingerprint density at radius 2 is 0.825 bits per heavy atom. The summed E-state index contributed by atoms with van der Waals surface area (Å²) >= 11 is 0. The Balaban J connectivity index is 1.08. The summed E-state index contributed by atoms with van der Waals surface area (Å²) in [7, 11) is 0. The molecule has 18 heteroatoms. The third-order valence-corrected chi connectivity index (χ3v) is 15.1. The molecule has 80 heavy (non-hydrogen) atoms. The van der Waals surface area contributed by atoms with E-state index in [2.05, 4.69) is 9.80 Å². The zero-order valence-electron chi connectivity index (χ0n) is 47.6. The highest BCUT2D eigenvalue weighted by molar-refractivity contribution is 6.30. The standard InChI is InChI=1S/C62H80F2N4O12/c1-41(2)35-73-53-21-13-45(14-22-53)55(57(69)67(33-43-9-17-47(63)18-10-43)49-25-29-65(30-26-49)51-37-75-61(5,6)76-38-51)79-59(71)60(72)80-56(46-15-23-54(24-16-46)74-36-42(3)4)58(70)68(34-44-11-19-48(64)20-12-44)50-27-31-66(32-28-50)52-39-77-62(7,8)78-40-52/h9-24,41-42,49-52,55-56H,25-40H2,1-8H3. The number of halogens is 2. The first-order chi connectivity index (χ1) is 38.2. The van der Waals surface area contributed by atoms with E-state index in [1.807, 2.05) is 55.4 Å². The van der Waals surface area contributed by atoms with Gasteiger partial charge in [-0.25, -0.2) is 18.4 Å². The molecule has 4 aliphatic heterocycles. The topological polar surface area (TPSA) is 155 Å². The lowest BCUT2D eigenvalue weighted by atomic mass is 9.98. The number of carbonyl (C=O) groups excluding carboxylic acids is 4. The molecule has 0 radical (unpaired) electrons. The van der Waals surface area contributed by atoms with Gasteiger partial charge in [0.2, 0.25) is 12.2 Å². The molecule has 0 bridgehead atoms. The lowest BCUT2D eigenvalue weighted by Gasteiger charge is -2.45. The van der Waals surface area contributed by atoms with Crippen LogP contribution in [0.15, 0.2) is 97.1 Å². The zero-order valence-corrected chi connectivity index (χ0v) is 47.6. The second-order valence-corrected chi connectivity index (χ2v) is 23.2. The molecule has 2 unspecified atom stereocenters. The van der Waals surface area contributed by atoms with E-state index >= 15 is 9.59 Å². The molecule has 0 saturated carbocycles. The molecule has 4 aromatic rings. The van der Waals surface area contributed by atoms with Gasteiger partial charge in [-0.2, -0.15) is 0 Å². The smallest absolute Gasteiger partial charge is 0.418 e. The molecule has 0 N–H and O–H groups in total. The van der Waals surface area contributed by atoms with Crippen LogP contribution in [0.2, 0.25) is 0 Å². The van der Waals surface area contributed by atoms with E-state index < -0.39 is 59.2 Å². The van der Waals surface area contributed by atoms with Crippen LogP contribution in [-0.2, 0) is 60.7 Å². The predicted octanol–water partition coefficient (Wildman–Crippen LogP) is 9.19. The molecule has 4 fully saturated rings. The Morgan fingerprint density at radius 3 is 1.12 bits per heavy atom. The van der Waals surface area contributed by atoms with Crippen LogP contribution >= 0.6 is 0 Å². The van der Waals surface area contributed by atoms with Crippen molar-refractivity contribution in [3.05, 3.63) is 131 Å². The number of ether oxygens (including phenoxy) is 8. The highest BCUT2D eigenvalue weighted by Gasteiger charge is 2.42. The third kappa shape index (κ3) is 16.6. The molecule has 8 rings (SSSR count). The van der Waals surface area contributed by atoms with Crippen LogP contribution in [0.5, 0.6) is 11.5 Å². The summed E-state index contributed by atoms with van der Waals surface area (Å²) in [6.07, 6.45) is -1.19. The highest BCUT2D eigenvalue weighted by Crippen LogP contribution is 2.33. The average Bonchev–Trinajstić information content (AvgIpc) is 3.45. The Morgan fingerprint density at radius 1 is 0.512 bits per heavy atom. The Labute approximate surface area is 469 Å². The summed E-state index contributed by atoms with van der Waals surface area (Å²) in [4.78, 5) is 67.9. The van der Waals surface area contributed by atoms with Gasteiger partial charge in [-0.1, -0.05) is 76.2 Å². The first-order valence-electron chi connectivity index (χ1n) is 28.2. The molecule has 16 nitrogen and oxygen atoms in total. The molecular weight excluding hydrogens is 1030 g/mol. The molecular formula is C62H80F2N4O12. The van der Waals surface area contributed by atoms with Gasteiger partial charge < -0.3 is 47.7 Å². The van der Waals surface area contributed by atoms with Crippen molar-refractivity contribution in [1.82, 2.24) is 19.6 Å². The first-order valence-corrected chi connectivity index (χ1v) is 28.2. The molecule has 2 atom stereocenters. The maximum atomic E-state index is 15.4. The van der Waals surface area contributed by atoms with Crippen molar-refractivity contribution in [1.29, 1.82) is 0 Å². The molecule has 4 heterocycles. The monoisotopic (exact) mass is 1110 g/mol. The maximum Gasteiger partial charge on any atom is 0.418 e. The van der Waals surface area contributed by atoms with Crippen molar-refractivity contribution >= 4 is 23.8 Å². The Kier molecular flexibility index (Phi) is 20.4. The van der Waals surface area contributed by atoms with Crippen molar-refractivity contribution < 1.29 is 65.9 Å². The number of likely N-dealkylation sites (tertiary alicyclic amines) is 2. The van der Waals surface area contributed by atoms with Crippen LogP contribution in [0.1, 0.15) is 116 Å². The lowest BCUT2D eigenvalue weighted by Crippen LogP contribution is -2.55. The number of amides is 2. The molecule has 4 aromatic carbocycles. The van der Waals surface area contributed by atoms with Gasteiger partial charge in [-0.15, -0.1) is 0 Å². The summed E-state index contributed by atoms with van der Waals surface area (Å²) in [5.74, 6) is -4.99. The van der Waals surface area contributed by atoms with Crippen molar-refractivity contribution in [3.8, 4) is 11.5 Å². The fourth-order valence-electron chi connectivity index (χ4n) is 10.4. The van der Waals surface area contributed by atoms with Gasteiger partial charge >= 0.3 is 11.9 Å². The van der Waals surface area contributed by atoms with Gasteiger partial charge in [0, 0.05) is 62.5 Å². The van der Waals surface area contributed by atoms with Crippen molar-refractivity contribution in [3.63, 3.8) is 0 Å². The number of hydrogen-bond donors (Lipinski definition) is 0. The second-order valence-electron chi connectivity index (χ2n) is 23.2. The van der Waals surface area contributed by atoms with Crippen LogP contribution in [0.4, 0.5) is 8.78 Å². The molecule has 2 amide bonds. The maximum absolute atomic E-state index is 15.4. The zero-order chi connectivity index (χ0) is 57.1. The first kappa shape index (κ1) is 60.1. The van der Waals surface area contributed by atoms with Crippen LogP contribution in [-0.4, -0.2) is 145 Å². The molecule has 4 aliphatic rings. The average molecular weight is 1110 g/mol. The number of nitrogens with zero attached hydrogens (tertiary/aromatic N) is 4. The van der Waals surface area contributed by atoms with Gasteiger partial charge in [-0.3, -0.25) is 19.4 Å². The molecule has 0 aliphatic carbocycles. The second kappa shape index (κ2) is 27.2. The number of piperidine rings is 2. The minimum absolute atomic E-state index is 0.0153. The minimum atomic E-state index is -1.67. The van der Waals surface area contributed by atoms with E-state index in [0.29, 0.717) is 114 Å². The lowest BCUT2D eigenvalue weighted by molar-refractivity contribution is -0.265. The Bertz CT molecular complexity index is 2450. The largest absolute Gasteiger partial charge is 0.493 e. The van der Waals surface area contributed by atoms with E-state index in [4.69, 9.17) is 37.9 Å². The summed E-state index contributed by atoms with van der Waals surface area (Å²) in [6.45, 7) is 20.9. The Hall–Kier alpha value is -6.02. The van der Waals surface area contributed by atoms with Crippen LogP contribution in [0, 0.1) is 23.5 Å². The van der Waals surface area contributed by atoms with Crippen LogP contribution in [0.3, 0.4) is 0 Å². The number of benzene rings is 4. The van der Waals surface area contributed by atoms with E-state index in [9.17, 15) is 18.4 Å². The highest BCUT2D eigenvalue weighted by atomic mass is 19.1. The van der Waals surface area contributed by atoms with Crippen LogP contribution in [0.25, 0.3) is 0 Å². The van der Waals surface area contributed by atoms with Crippen molar-refractivity contribution in [2.24, 2.45) is 11.8 Å². The number of hydrogen-bond acceptors (Lipinski definition) is 14. The van der Waals surface area contributed by atoms with Gasteiger partial charge in [0.05, 0.1) is 51.7 Å². The fraction of sp³-hybridized carbons (Fsp3) is 0.548. The summed E-state index contributed by atoms with van der Waals surface area (Å²) < 4.78 is 76.6. The number of esters is 2. The summed E-state index contributed by atoms with van der Waals surface area (Å²) in [5, 5.41) is 0. The number of carbonyl (C=O) groups is 4. The molecule has 0 aromatic heterocycles. The van der Waals surface area contributed by atoms with Crippen molar-refractivity contribution in [2.45, 2.75) is 142 Å². The fourth-order valence-corrected chi connectivity index (χ4v) is 10.4. The summed E-state index contributed by atoms with van der Waals surface area (Å²) in [6, 6.07) is 24.2. The van der Waals surface area contributed by atoms with Crippen LogP contribution < -0.4 is 9.47 Å². The normalized spacial score (nSPS) is 19.5. The van der Waals surface area contributed by atoms with E-state index in [-0.39, 0.29) is 60.2 Å². The van der Waals surface area contributed by atoms with Gasteiger partial charge in [-0.05, 0) is 125 Å². The van der Waals surface area contributed by atoms with Gasteiger partial charge in [0.1, 0.15) is 23.1 Å². The van der Waals surface area contributed by atoms with E-state index in [1.165, 1.54) is 24.3 Å². The SMILES string of the molecule is CC(C)COc1ccc(C(OC(=O)C(=O)OC(C(=O)N(Cc2ccc(F)cc2)C2CCN(C3COC(C)(C)OC3)CC2)c2ccc(OCC(C)C)cc2)C(=O)N(Cc2ccc(F)cc2)C2CCN(C3COC(C)(C)OC3)CC2)cc1. The predicted molar refractivity (Wildman–Crippen MR) is 294 cm³/mol. The molecule has 0 spiro atoms. The van der Waals surface area contributed by atoms with Gasteiger partial charge in [0.25, 0.3) is 11.8 Å². The van der Waals surface area contributed by atoms with E-state index in [0.717, 1.165) is 0 Å². The quantitative estimate of drug-likeness (QED) is 0.0610. The minimum Gasteiger partial charge on any atom is -0.493 e. The van der Waals surface area contributed by atoms with Gasteiger partial charge in [0.15, 0.2) is 11.6 Å². The van der Waals surface area contributed by atoms with E-state index in [1.54, 1.807) is 82.6 Å². The molecule has 4 saturated heterocycles. The third-order valence-electron chi connectivity index (χ3n) is 15.1. The summed E-state index contributed by atoms with van der Waals surface area (Å²) in [5.41, 5.74) is 1.79.